The molecule has 2 aliphatic rings. The van der Waals surface area contributed by atoms with Gasteiger partial charge in [0.2, 0.25) is 11.8 Å². The lowest BCUT2D eigenvalue weighted by Gasteiger charge is -2.36. The number of aromatic hydroxyl groups is 1. The third-order valence-electron chi connectivity index (χ3n) is 8.09. The average molecular weight is 653 g/mol. The molecule has 0 saturated carbocycles. The summed E-state index contributed by atoms with van der Waals surface area (Å²) in [6.45, 7) is 1.92. The van der Waals surface area contributed by atoms with Crippen LogP contribution in [0, 0.1) is 17.8 Å². The zero-order valence-electron chi connectivity index (χ0n) is 23.3. The first kappa shape index (κ1) is 30.2. The van der Waals surface area contributed by atoms with Crippen LogP contribution < -0.4 is 4.74 Å². The van der Waals surface area contributed by atoms with Crippen molar-refractivity contribution in [2.24, 2.45) is 17.8 Å². The van der Waals surface area contributed by atoms with E-state index < -0.39 is 23.9 Å². The molecule has 0 radical (unpaired) electrons. The number of fused-ring (bicyclic) bond motifs is 1. The van der Waals surface area contributed by atoms with Gasteiger partial charge in [-0.3, -0.25) is 14.5 Å². The second-order valence-electron chi connectivity index (χ2n) is 10.9. The third-order valence-corrected chi connectivity index (χ3v) is 9.44. The highest BCUT2D eigenvalue weighted by molar-refractivity contribution is 9.10. The Bertz CT molecular complexity index is 1490. The maximum absolute atomic E-state index is 13.7. The van der Waals surface area contributed by atoms with Crippen molar-refractivity contribution in [3.63, 3.8) is 0 Å². The molecule has 42 heavy (non-hydrogen) atoms. The van der Waals surface area contributed by atoms with E-state index in [-0.39, 0.29) is 43.7 Å². The second-order valence-corrected chi connectivity index (χ2v) is 12.8. The Morgan fingerprint density at radius 2 is 1.93 bits per heavy atom. The number of para-hydroxylation sites is 1. The number of benzene rings is 2. The van der Waals surface area contributed by atoms with Gasteiger partial charge in [0.05, 0.1) is 31.1 Å². The Balaban J connectivity index is 1.41. The average Bonchev–Trinajstić information content (AvgIpc) is 3.59. The molecule has 0 spiro atoms. The Hall–Kier alpha value is -3.24. The second kappa shape index (κ2) is 13.4. The molecule has 1 aliphatic carbocycles. The highest BCUT2D eigenvalue weighted by Gasteiger charge is 2.54. The summed E-state index contributed by atoms with van der Waals surface area (Å²) in [5, 5.41) is 34.4. The van der Waals surface area contributed by atoms with E-state index in [2.05, 4.69) is 15.9 Å². The number of ether oxygens (including phenoxy) is 1. The van der Waals surface area contributed by atoms with Crippen molar-refractivity contribution >= 4 is 45.2 Å². The number of allylic oxidation sites excluding steroid dienone is 1. The molecule has 2 aromatic carbocycles. The van der Waals surface area contributed by atoms with Crippen LogP contribution >= 0.6 is 27.3 Å². The maximum atomic E-state index is 13.7. The number of imide groups is 1. The van der Waals surface area contributed by atoms with E-state index in [4.69, 9.17) is 4.74 Å². The van der Waals surface area contributed by atoms with Gasteiger partial charge in [0.25, 0.3) is 0 Å². The fourth-order valence-corrected chi connectivity index (χ4v) is 7.13. The number of thiophene rings is 1. The van der Waals surface area contributed by atoms with E-state index in [9.17, 15) is 24.9 Å². The number of phenolic OH excluding ortho intramolecular Hbond substituents is 1. The third kappa shape index (κ3) is 6.54. The number of aliphatic hydroxyl groups excluding tert-OH is 2. The maximum Gasteiger partial charge on any atom is 0.234 e. The molecule has 9 heteroatoms. The van der Waals surface area contributed by atoms with Gasteiger partial charge in [-0.1, -0.05) is 51.8 Å². The molecule has 1 fully saturated rings. The zero-order valence-corrected chi connectivity index (χ0v) is 25.7. The number of aliphatic hydroxyl groups is 2. The molecule has 5 rings (SSSR count). The number of hydrogen-bond donors (Lipinski definition) is 3. The van der Waals surface area contributed by atoms with Crippen LogP contribution in [0.4, 0.5) is 0 Å². The number of amides is 2. The van der Waals surface area contributed by atoms with Gasteiger partial charge in [-0.2, -0.15) is 0 Å². The largest absolute Gasteiger partial charge is 0.507 e. The number of nitrogens with zero attached hydrogens (tertiary/aromatic N) is 1. The van der Waals surface area contributed by atoms with Crippen LogP contribution in [0.3, 0.4) is 0 Å². The van der Waals surface area contributed by atoms with Crippen LogP contribution in [-0.4, -0.2) is 51.4 Å². The number of phenols is 1. The molecule has 1 aromatic heterocycles. The molecule has 1 saturated heterocycles. The van der Waals surface area contributed by atoms with E-state index >= 15 is 0 Å². The lowest BCUT2D eigenvalue weighted by molar-refractivity contribution is -0.140. The monoisotopic (exact) mass is 651 g/mol. The minimum Gasteiger partial charge on any atom is -0.507 e. The topological polar surface area (TPSA) is 107 Å². The fourth-order valence-electron chi connectivity index (χ4n) is 6.06. The predicted octanol–water partition coefficient (Wildman–Crippen LogP) is 5.95. The molecule has 2 heterocycles. The van der Waals surface area contributed by atoms with Gasteiger partial charge in [-0.25, -0.2) is 0 Å². The molecular formula is C33H34BrNO6S. The Labute approximate surface area is 257 Å². The van der Waals surface area contributed by atoms with Crippen molar-refractivity contribution in [2.75, 3.05) is 13.2 Å². The van der Waals surface area contributed by atoms with Crippen molar-refractivity contribution in [3.8, 4) is 11.5 Å². The number of likely N-dealkylation sites (tertiary alicyclic amines) is 1. The van der Waals surface area contributed by atoms with Crippen molar-refractivity contribution < 1.29 is 29.6 Å². The van der Waals surface area contributed by atoms with E-state index in [1.165, 1.54) is 16.2 Å². The van der Waals surface area contributed by atoms with Crippen molar-refractivity contribution in [1.82, 2.24) is 4.90 Å². The molecule has 220 valence electrons. The van der Waals surface area contributed by atoms with Gasteiger partial charge < -0.3 is 20.1 Å². The van der Waals surface area contributed by atoms with Crippen LogP contribution in [0.1, 0.15) is 36.6 Å². The van der Waals surface area contributed by atoms with Gasteiger partial charge in [0.15, 0.2) is 0 Å². The lowest BCUT2D eigenvalue weighted by Crippen LogP contribution is -2.40. The molecule has 4 atom stereocenters. The quantitative estimate of drug-likeness (QED) is 0.175. The van der Waals surface area contributed by atoms with Crippen LogP contribution in [0.5, 0.6) is 11.5 Å². The Morgan fingerprint density at radius 3 is 2.64 bits per heavy atom. The van der Waals surface area contributed by atoms with Gasteiger partial charge in [-0.05, 0) is 79.1 Å². The summed E-state index contributed by atoms with van der Waals surface area (Å²) in [5.41, 5.74) is 2.96. The minimum atomic E-state index is -0.953. The summed E-state index contributed by atoms with van der Waals surface area (Å²) in [5.74, 6) is -1.76. The number of rotatable bonds is 11. The molecule has 3 aromatic rings. The van der Waals surface area contributed by atoms with Crippen molar-refractivity contribution in [2.45, 2.75) is 38.8 Å². The van der Waals surface area contributed by atoms with E-state index in [0.717, 1.165) is 20.5 Å². The molecule has 7 nitrogen and oxygen atoms in total. The van der Waals surface area contributed by atoms with Gasteiger partial charge in [0.1, 0.15) is 18.1 Å². The highest BCUT2D eigenvalue weighted by Crippen LogP contribution is 2.47. The molecular weight excluding hydrogens is 618 g/mol. The van der Waals surface area contributed by atoms with Gasteiger partial charge >= 0.3 is 0 Å². The normalized spacial score (nSPS) is 21.6. The number of hydrogen-bond acceptors (Lipinski definition) is 7. The first-order valence-electron chi connectivity index (χ1n) is 14.0. The summed E-state index contributed by atoms with van der Waals surface area (Å²) >= 11 is 4.92. The molecule has 0 bridgehead atoms. The summed E-state index contributed by atoms with van der Waals surface area (Å²) in [6, 6.07) is 18.3. The van der Waals surface area contributed by atoms with E-state index in [0.29, 0.717) is 29.7 Å². The molecule has 0 unspecified atom stereocenters. The van der Waals surface area contributed by atoms with E-state index in [1.54, 1.807) is 12.1 Å². The van der Waals surface area contributed by atoms with Crippen molar-refractivity contribution in [1.29, 1.82) is 0 Å². The van der Waals surface area contributed by atoms with E-state index in [1.807, 2.05) is 66.9 Å². The first-order chi connectivity index (χ1) is 20.3. The lowest BCUT2D eigenvalue weighted by atomic mass is 9.68. The van der Waals surface area contributed by atoms with Gasteiger partial charge in [0, 0.05) is 20.8 Å². The number of halogens is 1. The number of carbonyl (C=O) groups is 2. The summed E-state index contributed by atoms with van der Waals surface area (Å²) in [4.78, 5) is 29.4. The van der Waals surface area contributed by atoms with Crippen LogP contribution in [0.25, 0.3) is 6.08 Å². The summed E-state index contributed by atoms with van der Waals surface area (Å²) in [7, 11) is 0. The molecule has 2 amide bonds. The Kier molecular flexibility index (Phi) is 9.63. The standard InChI is InChI=1S/C33H34BrNO6S/c1-20(14-21-15-23(34)10-12-28(21)37)9-11-29(38)30-22(19-41-24-6-3-2-4-7-24)16-26-31(27(30)18-36)33(40)35(32(26)39)17-25-8-5-13-42-25/h2-8,10,12-15,26-27,29,31,36-38H,9,11,16-19H2,1H3/b20-14+/t26-,27+,29-,31-/m1/s1. The zero-order chi connectivity index (χ0) is 29.8. The van der Waals surface area contributed by atoms with Crippen LogP contribution in [0.15, 0.2) is 87.2 Å². The molecule has 1 aliphatic heterocycles. The highest BCUT2D eigenvalue weighted by atomic mass is 79.9. The van der Waals surface area contributed by atoms with Gasteiger partial charge in [-0.15, -0.1) is 11.3 Å². The summed E-state index contributed by atoms with van der Waals surface area (Å²) in [6.07, 6.45) is 2.07. The predicted molar refractivity (Wildman–Crippen MR) is 166 cm³/mol. The smallest absolute Gasteiger partial charge is 0.234 e. The number of carbonyl (C=O) groups excluding carboxylic acids is 2. The SMILES string of the molecule is C/C(=C\c1cc(Br)ccc1O)CC[C@@H](O)C1=C(COc2ccccc2)C[C@H]2C(=O)N(Cc3cccs3)C(=O)[C@H]2[C@H]1CO. The molecule has 3 N–H and O–H groups in total. The van der Waals surface area contributed by atoms with Crippen molar-refractivity contribution in [3.05, 3.63) is 97.7 Å². The van der Waals surface area contributed by atoms with Crippen LogP contribution in [0.2, 0.25) is 0 Å². The minimum absolute atomic E-state index is 0.142. The Morgan fingerprint density at radius 1 is 1.14 bits per heavy atom. The fraction of sp³-hybridized carbons (Fsp3) is 0.333. The summed E-state index contributed by atoms with van der Waals surface area (Å²) < 4.78 is 6.91. The van der Waals surface area contributed by atoms with Crippen LogP contribution in [-0.2, 0) is 16.1 Å². The first-order valence-corrected chi connectivity index (χ1v) is 15.7.